The molecule has 0 aliphatic heterocycles. The zero-order chi connectivity index (χ0) is 17.4. The molecule has 24 heavy (non-hydrogen) atoms. The van der Waals surface area contributed by atoms with Gasteiger partial charge in [-0.2, -0.15) is 0 Å². The highest BCUT2D eigenvalue weighted by atomic mass is 16.5. The predicted octanol–water partition coefficient (Wildman–Crippen LogP) is 5.90. The summed E-state index contributed by atoms with van der Waals surface area (Å²) in [6.45, 7) is 8.69. The van der Waals surface area contributed by atoms with Crippen LogP contribution in [0.4, 0.5) is 5.69 Å². The fourth-order valence-corrected chi connectivity index (χ4v) is 3.05. The summed E-state index contributed by atoms with van der Waals surface area (Å²) in [5.41, 5.74) is 5.39. The second kappa shape index (κ2) is 9.36. The van der Waals surface area contributed by atoms with E-state index in [1.165, 1.54) is 48.1 Å². The average Bonchev–Trinajstić information content (AvgIpc) is 2.59. The van der Waals surface area contributed by atoms with Gasteiger partial charge in [-0.25, -0.2) is 0 Å². The smallest absolute Gasteiger partial charge is 0.119 e. The molecule has 0 bridgehead atoms. The summed E-state index contributed by atoms with van der Waals surface area (Å²) in [5, 5.41) is 0. The molecule has 0 atom stereocenters. The van der Waals surface area contributed by atoms with E-state index in [1.54, 1.807) is 7.11 Å². The third-order valence-electron chi connectivity index (χ3n) is 4.58. The normalized spacial score (nSPS) is 10.7. The van der Waals surface area contributed by atoms with Crippen molar-refractivity contribution in [3.05, 3.63) is 59.2 Å². The van der Waals surface area contributed by atoms with Crippen LogP contribution < -0.4 is 9.64 Å². The third kappa shape index (κ3) is 5.30. The second-order valence-electron chi connectivity index (χ2n) is 6.61. The Morgan fingerprint density at radius 3 is 2.29 bits per heavy atom. The highest BCUT2D eigenvalue weighted by Gasteiger charge is 2.09. The van der Waals surface area contributed by atoms with Crippen LogP contribution >= 0.6 is 0 Å². The maximum Gasteiger partial charge on any atom is 0.119 e. The summed E-state index contributed by atoms with van der Waals surface area (Å²) in [4.78, 5) is 2.49. The largest absolute Gasteiger partial charge is 0.497 e. The molecular formula is C22H31NO. The lowest BCUT2D eigenvalue weighted by Crippen LogP contribution is -2.24. The Labute approximate surface area is 147 Å². The summed E-state index contributed by atoms with van der Waals surface area (Å²) in [6, 6.07) is 15.2. The fraction of sp³-hybridized carbons (Fsp3) is 0.455. The summed E-state index contributed by atoms with van der Waals surface area (Å²) in [6.07, 6.45) is 5.14. The van der Waals surface area contributed by atoms with E-state index in [-0.39, 0.29) is 0 Å². The van der Waals surface area contributed by atoms with Crippen molar-refractivity contribution in [2.24, 2.45) is 0 Å². The molecule has 0 saturated carbocycles. The monoisotopic (exact) mass is 325 g/mol. The van der Waals surface area contributed by atoms with Crippen molar-refractivity contribution in [2.45, 2.75) is 53.0 Å². The molecule has 0 aliphatic rings. The minimum absolute atomic E-state index is 0.913. The summed E-state index contributed by atoms with van der Waals surface area (Å²) < 4.78 is 5.29. The van der Waals surface area contributed by atoms with E-state index >= 15 is 0 Å². The van der Waals surface area contributed by atoms with Crippen molar-refractivity contribution in [3.8, 4) is 5.75 Å². The predicted molar refractivity (Wildman–Crippen MR) is 104 cm³/mol. The molecule has 2 heteroatoms. The Hall–Kier alpha value is -1.96. The van der Waals surface area contributed by atoms with E-state index in [0.29, 0.717) is 0 Å². The van der Waals surface area contributed by atoms with E-state index in [1.807, 2.05) is 0 Å². The number of hydrogen-bond acceptors (Lipinski definition) is 2. The van der Waals surface area contributed by atoms with Gasteiger partial charge in [0.1, 0.15) is 5.75 Å². The molecule has 2 rings (SSSR count). The van der Waals surface area contributed by atoms with E-state index in [2.05, 4.69) is 68.1 Å². The van der Waals surface area contributed by atoms with Gasteiger partial charge in [0, 0.05) is 18.8 Å². The Morgan fingerprint density at radius 2 is 1.67 bits per heavy atom. The molecule has 0 radical (unpaired) electrons. The molecule has 0 heterocycles. The maximum atomic E-state index is 5.29. The van der Waals surface area contributed by atoms with Crippen molar-refractivity contribution in [3.63, 3.8) is 0 Å². The summed E-state index contributed by atoms with van der Waals surface area (Å²) in [7, 11) is 1.72. The summed E-state index contributed by atoms with van der Waals surface area (Å²) >= 11 is 0. The van der Waals surface area contributed by atoms with Crippen LogP contribution in [0.25, 0.3) is 0 Å². The number of hydrogen-bond donors (Lipinski definition) is 0. The van der Waals surface area contributed by atoms with Crippen LogP contribution in [0.1, 0.15) is 49.3 Å². The Kier molecular flexibility index (Phi) is 7.17. The van der Waals surface area contributed by atoms with Crippen LogP contribution in [0.15, 0.2) is 42.5 Å². The van der Waals surface area contributed by atoms with Crippen LogP contribution in [0.5, 0.6) is 5.75 Å². The fourth-order valence-electron chi connectivity index (χ4n) is 3.05. The standard InChI is InChI=1S/C22H31NO/c1-5-6-7-8-15-23(21-11-13-22(24-4)14-12-21)17-20-10-9-18(2)16-19(20)3/h9-14,16H,5-8,15,17H2,1-4H3. The van der Waals surface area contributed by atoms with Gasteiger partial charge in [-0.1, -0.05) is 49.9 Å². The van der Waals surface area contributed by atoms with Crippen molar-refractivity contribution in [1.82, 2.24) is 0 Å². The van der Waals surface area contributed by atoms with Crippen molar-refractivity contribution in [2.75, 3.05) is 18.6 Å². The number of methoxy groups -OCH3 is 1. The highest BCUT2D eigenvalue weighted by molar-refractivity contribution is 5.50. The SMILES string of the molecule is CCCCCCN(Cc1ccc(C)cc1C)c1ccc(OC)cc1. The lowest BCUT2D eigenvalue weighted by molar-refractivity contribution is 0.415. The molecule has 0 saturated heterocycles. The second-order valence-corrected chi connectivity index (χ2v) is 6.61. The van der Waals surface area contributed by atoms with Crippen LogP contribution in [-0.2, 0) is 6.54 Å². The molecule has 0 spiro atoms. The van der Waals surface area contributed by atoms with E-state index in [4.69, 9.17) is 4.74 Å². The molecule has 130 valence electrons. The molecular weight excluding hydrogens is 294 g/mol. The molecule has 0 aliphatic carbocycles. The molecule has 0 aromatic heterocycles. The zero-order valence-corrected chi connectivity index (χ0v) is 15.6. The Bertz CT molecular complexity index is 618. The van der Waals surface area contributed by atoms with Crippen LogP contribution in [0.3, 0.4) is 0 Å². The van der Waals surface area contributed by atoms with Crippen LogP contribution in [0.2, 0.25) is 0 Å². The van der Waals surface area contributed by atoms with Gasteiger partial charge in [-0.15, -0.1) is 0 Å². The van der Waals surface area contributed by atoms with E-state index < -0.39 is 0 Å². The first-order valence-corrected chi connectivity index (χ1v) is 9.09. The highest BCUT2D eigenvalue weighted by Crippen LogP contribution is 2.23. The number of rotatable bonds is 9. The quantitative estimate of drug-likeness (QED) is 0.532. The number of anilines is 1. The lowest BCUT2D eigenvalue weighted by atomic mass is 10.0. The molecule has 0 unspecified atom stereocenters. The Morgan fingerprint density at radius 1 is 0.917 bits per heavy atom. The van der Waals surface area contributed by atoms with Gasteiger partial charge in [-0.3, -0.25) is 0 Å². The van der Waals surface area contributed by atoms with Crippen LogP contribution in [0, 0.1) is 13.8 Å². The van der Waals surface area contributed by atoms with Crippen LogP contribution in [-0.4, -0.2) is 13.7 Å². The number of ether oxygens (including phenoxy) is 1. The van der Waals surface area contributed by atoms with E-state index in [9.17, 15) is 0 Å². The number of nitrogens with zero attached hydrogens (tertiary/aromatic N) is 1. The molecule has 0 fully saturated rings. The number of benzene rings is 2. The van der Waals surface area contributed by atoms with Gasteiger partial charge in [-0.05, 0) is 55.7 Å². The molecule has 2 aromatic carbocycles. The lowest BCUT2D eigenvalue weighted by Gasteiger charge is -2.26. The van der Waals surface area contributed by atoms with Gasteiger partial charge in [0.15, 0.2) is 0 Å². The molecule has 0 amide bonds. The molecule has 2 aromatic rings. The van der Waals surface area contributed by atoms with Crippen molar-refractivity contribution >= 4 is 5.69 Å². The number of unbranched alkanes of at least 4 members (excludes halogenated alkanes) is 3. The van der Waals surface area contributed by atoms with Gasteiger partial charge < -0.3 is 9.64 Å². The minimum atomic E-state index is 0.913. The van der Waals surface area contributed by atoms with Crippen molar-refractivity contribution in [1.29, 1.82) is 0 Å². The Balaban J connectivity index is 2.14. The average molecular weight is 325 g/mol. The van der Waals surface area contributed by atoms with Crippen molar-refractivity contribution < 1.29 is 4.74 Å². The first-order valence-electron chi connectivity index (χ1n) is 9.09. The molecule has 0 N–H and O–H groups in total. The van der Waals surface area contributed by atoms with Gasteiger partial charge in [0.25, 0.3) is 0 Å². The van der Waals surface area contributed by atoms with Gasteiger partial charge in [0.2, 0.25) is 0 Å². The van der Waals surface area contributed by atoms with E-state index in [0.717, 1.165) is 18.8 Å². The number of aryl methyl sites for hydroxylation is 2. The minimum Gasteiger partial charge on any atom is -0.497 e. The maximum absolute atomic E-state index is 5.29. The molecule has 2 nitrogen and oxygen atoms in total. The topological polar surface area (TPSA) is 12.5 Å². The van der Waals surface area contributed by atoms with Gasteiger partial charge >= 0.3 is 0 Å². The van der Waals surface area contributed by atoms with Gasteiger partial charge in [0.05, 0.1) is 7.11 Å². The summed E-state index contributed by atoms with van der Waals surface area (Å²) in [5.74, 6) is 0.913. The first kappa shape index (κ1) is 18.4. The third-order valence-corrected chi connectivity index (χ3v) is 4.58. The zero-order valence-electron chi connectivity index (χ0n) is 15.6. The first-order chi connectivity index (χ1) is 11.6.